The van der Waals surface area contributed by atoms with E-state index in [1.54, 1.807) is 12.1 Å². The van der Waals surface area contributed by atoms with Gasteiger partial charge < -0.3 is 14.8 Å². The Labute approximate surface area is 153 Å². The Morgan fingerprint density at radius 1 is 1.15 bits per heavy atom. The first kappa shape index (κ1) is 16.6. The quantitative estimate of drug-likeness (QED) is 0.709. The summed E-state index contributed by atoms with van der Waals surface area (Å²) in [6.45, 7) is 0.656. The Bertz CT molecular complexity index is 1010. The van der Waals surface area contributed by atoms with Crippen LogP contribution in [0.5, 0.6) is 11.5 Å². The van der Waals surface area contributed by atoms with Gasteiger partial charge in [0.2, 0.25) is 6.79 Å². The van der Waals surface area contributed by atoms with Gasteiger partial charge in [0, 0.05) is 18.0 Å². The molecule has 1 aliphatic heterocycles. The van der Waals surface area contributed by atoms with E-state index in [0.717, 1.165) is 11.3 Å². The van der Waals surface area contributed by atoms with Gasteiger partial charge in [-0.1, -0.05) is 17.7 Å². The molecule has 0 fully saturated rings. The molecule has 0 spiro atoms. The van der Waals surface area contributed by atoms with Gasteiger partial charge in [0.1, 0.15) is 11.0 Å². The van der Waals surface area contributed by atoms with Crippen molar-refractivity contribution in [3.8, 4) is 11.5 Å². The van der Waals surface area contributed by atoms with Crippen LogP contribution in [-0.4, -0.2) is 24.2 Å². The molecule has 0 atom stereocenters. The van der Waals surface area contributed by atoms with E-state index in [2.05, 4.69) is 10.3 Å². The lowest BCUT2D eigenvalue weighted by Gasteiger charge is -2.08. The summed E-state index contributed by atoms with van der Waals surface area (Å²) in [4.78, 5) is 16.5. The fourth-order valence-electron chi connectivity index (χ4n) is 2.79. The zero-order valence-corrected chi connectivity index (χ0v) is 14.3. The Balaban J connectivity index is 1.44. The van der Waals surface area contributed by atoms with Gasteiger partial charge in [0.25, 0.3) is 5.91 Å². The lowest BCUT2D eigenvalue weighted by molar-refractivity contribution is 0.0954. The summed E-state index contributed by atoms with van der Waals surface area (Å²) in [7, 11) is 0. The molecule has 2 aromatic carbocycles. The molecule has 0 saturated heterocycles. The molecular formula is C19H14ClFN2O3. The van der Waals surface area contributed by atoms with Crippen molar-refractivity contribution in [1.82, 2.24) is 10.3 Å². The summed E-state index contributed by atoms with van der Waals surface area (Å²) in [6, 6.07) is 11.5. The first-order valence-electron chi connectivity index (χ1n) is 8.03. The summed E-state index contributed by atoms with van der Waals surface area (Å²) in [5, 5.41) is 3.52. The normalized spacial score (nSPS) is 12.4. The lowest BCUT2D eigenvalue weighted by Crippen LogP contribution is -2.26. The van der Waals surface area contributed by atoms with E-state index >= 15 is 0 Å². The van der Waals surface area contributed by atoms with E-state index in [0.29, 0.717) is 29.6 Å². The molecule has 132 valence electrons. The SMILES string of the molecule is O=C(NCCc1ccc2c(c1)OCO2)c1cc2ccc(F)cc2nc1Cl. The number of carbonyl (C=O) groups excluding carboxylic acids is 1. The number of hydrogen-bond acceptors (Lipinski definition) is 4. The maximum Gasteiger partial charge on any atom is 0.254 e. The molecule has 2 heterocycles. The number of carbonyl (C=O) groups is 1. The summed E-state index contributed by atoms with van der Waals surface area (Å²) in [5.74, 6) is 0.711. The smallest absolute Gasteiger partial charge is 0.254 e. The van der Waals surface area contributed by atoms with E-state index in [1.807, 2.05) is 18.2 Å². The molecule has 0 radical (unpaired) electrons. The second-order valence-corrected chi connectivity index (χ2v) is 6.22. The van der Waals surface area contributed by atoms with Crippen molar-refractivity contribution in [2.45, 2.75) is 6.42 Å². The van der Waals surface area contributed by atoms with Crippen molar-refractivity contribution in [3.05, 3.63) is 64.6 Å². The van der Waals surface area contributed by atoms with Crippen molar-refractivity contribution < 1.29 is 18.7 Å². The van der Waals surface area contributed by atoms with Crippen molar-refractivity contribution in [3.63, 3.8) is 0 Å². The molecular weight excluding hydrogens is 359 g/mol. The molecule has 4 rings (SSSR count). The Morgan fingerprint density at radius 2 is 2.00 bits per heavy atom. The van der Waals surface area contributed by atoms with Crippen LogP contribution in [-0.2, 0) is 6.42 Å². The van der Waals surface area contributed by atoms with Gasteiger partial charge in [-0.3, -0.25) is 4.79 Å². The molecule has 0 saturated carbocycles. The first-order valence-corrected chi connectivity index (χ1v) is 8.40. The minimum Gasteiger partial charge on any atom is -0.454 e. The van der Waals surface area contributed by atoms with Gasteiger partial charge >= 0.3 is 0 Å². The monoisotopic (exact) mass is 372 g/mol. The number of rotatable bonds is 4. The van der Waals surface area contributed by atoms with Crippen LogP contribution in [0.1, 0.15) is 15.9 Å². The van der Waals surface area contributed by atoms with E-state index in [4.69, 9.17) is 21.1 Å². The molecule has 1 aromatic heterocycles. The fraction of sp³-hybridized carbons (Fsp3) is 0.158. The van der Waals surface area contributed by atoms with Gasteiger partial charge in [0.05, 0.1) is 11.1 Å². The Kier molecular flexibility index (Phi) is 4.34. The molecule has 3 aromatic rings. The van der Waals surface area contributed by atoms with Crippen LogP contribution in [0.25, 0.3) is 10.9 Å². The van der Waals surface area contributed by atoms with Crippen molar-refractivity contribution >= 4 is 28.4 Å². The number of ether oxygens (including phenoxy) is 2. The number of hydrogen-bond donors (Lipinski definition) is 1. The van der Waals surface area contributed by atoms with E-state index < -0.39 is 5.82 Å². The maximum atomic E-state index is 13.3. The molecule has 0 bridgehead atoms. The number of pyridine rings is 1. The Hall–Kier alpha value is -2.86. The molecule has 5 nitrogen and oxygen atoms in total. The van der Waals surface area contributed by atoms with E-state index in [-0.39, 0.29) is 23.4 Å². The number of aromatic nitrogens is 1. The molecule has 26 heavy (non-hydrogen) atoms. The number of nitrogens with zero attached hydrogens (tertiary/aromatic N) is 1. The van der Waals surface area contributed by atoms with Gasteiger partial charge in [0.15, 0.2) is 11.5 Å². The molecule has 7 heteroatoms. The van der Waals surface area contributed by atoms with Crippen molar-refractivity contribution in [2.24, 2.45) is 0 Å². The fourth-order valence-corrected chi connectivity index (χ4v) is 3.02. The highest BCUT2D eigenvalue weighted by molar-refractivity contribution is 6.33. The standard InChI is InChI=1S/C19H14ClFN2O3/c20-18-14(8-12-2-3-13(21)9-15(12)23-18)19(24)22-6-5-11-1-4-16-17(7-11)26-10-25-16/h1-4,7-9H,5-6,10H2,(H,22,24). The van der Waals surface area contributed by atoms with Crippen molar-refractivity contribution in [1.29, 1.82) is 0 Å². The molecule has 1 aliphatic rings. The van der Waals surface area contributed by atoms with Crippen LogP contribution in [0.15, 0.2) is 42.5 Å². The average Bonchev–Trinajstić information content (AvgIpc) is 3.08. The summed E-state index contributed by atoms with van der Waals surface area (Å²) < 4.78 is 23.9. The van der Waals surface area contributed by atoms with E-state index in [9.17, 15) is 9.18 Å². The minimum atomic E-state index is -0.401. The number of fused-ring (bicyclic) bond motifs is 2. The van der Waals surface area contributed by atoms with Gasteiger partial charge in [-0.2, -0.15) is 0 Å². The summed E-state index contributed by atoms with van der Waals surface area (Å²) >= 11 is 6.09. The maximum absolute atomic E-state index is 13.3. The van der Waals surface area contributed by atoms with Crippen LogP contribution in [0.3, 0.4) is 0 Å². The van der Waals surface area contributed by atoms with Crippen molar-refractivity contribution in [2.75, 3.05) is 13.3 Å². The van der Waals surface area contributed by atoms with Gasteiger partial charge in [-0.25, -0.2) is 9.37 Å². The van der Waals surface area contributed by atoms with Gasteiger partial charge in [-0.05, 0) is 42.3 Å². The molecule has 1 N–H and O–H groups in total. The number of nitrogens with one attached hydrogen (secondary N) is 1. The third-order valence-corrected chi connectivity index (χ3v) is 4.40. The average molecular weight is 373 g/mol. The van der Waals surface area contributed by atoms with Crippen LogP contribution < -0.4 is 14.8 Å². The third kappa shape index (κ3) is 3.28. The molecule has 1 amide bonds. The predicted octanol–water partition coefficient (Wildman–Crippen LogP) is 3.73. The molecule has 0 unspecified atom stereocenters. The summed E-state index contributed by atoms with van der Waals surface area (Å²) in [6.07, 6.45) is 0.631. The molecule has 0 aliphatic carbocycles. The predicted molar refractivity (Wildman–Crippen MR) is 95.3 cm³/mol. The van der Waals surface area contributed by atoms with Crippen LogP contribution in [0.2, 0.25) is 5.15 Å². The van der Waals surface area contributed by atoms with Crippen LogP contribution in [0.4, 0.5) is 4.39 Å². The van der Waals surface area contributed by atoms with Crippen LogP contribution >= 0.6 is 11.6 Å². The largest absolute Gasteiger partial charge is 0.454 e. The zero-order valence-electron chi connectivity index (χ0n) is 13.6. The highest BCUT2D eigenvalue weighted by Crippen LogP contribution is 2.32. The first-order chi connectivity index (χ1) is 12.6. The lowest BCUT2D eigenvalue weighted by atomic mass is 10.1. The number of halogens is 2. The van der Waals surface area contributed by atoms with E-state index in [1.165, 1.54) is 12.1 Å². The number of amides is 1. The highest BCUT2D eigenvalue weighted by Gasteiger charge is 2.15. The highest BCUT2D eigenvalue weighted by atomic mass is 35.5. The minimum absolute atomic E-state index is 0.0451. The summed E-state index contributed by atoms with van der Waals surface area (Å²) in [5.41, 5.74) is 1.69. The topological polar surface area (TPSA) is 60.5 Å². The second kappa shape index (κ2) is 6.80. The van der Waals surface area contributed by atoms with Gasteiger partial charge in [-0.15, -0.1) is 0 Å². The zero-order chi connectivity index (χ0) is 18.1. The third-order valence-electron chi connectivity index (χ3n) is 4.11. The number of benzene rings is 2. The Morgan fingerprint density at radius 3 is 2.88 bits per heavy atom. The second-order valence-electron chi connectivity index (χ2n) is 5.86. The van der Waals surface area contributed by atoms with Crippen LogP contribution in [0, 0.1) is 5.82 Å².